The van der Waals surface area contributed by atoms with Crippen molar-refractivity contribution < 1.29 is 59.4 Å². The van der Waals surface area contributed by atoms with Gasteiger partial charge in [-0.1, -0.05) is 39.0 Å². The van der Waals surface area contributed by atoms with Crippen LogP contribution in [0.25, 0.3) is 11.0 Å². The van der Waals surface area contributed by atoms with Gasteiger partial charge in [0, 0.05) is 6.42 Å². The Labute approximate surface area is 325 Å². The van der Waals surface area contributed by atoms with E-state index in [1.54, 1.807) is 32.9 Å². The second kappa shape index (κ2) is 15.0. The molecule has 3 aliphatic carbocycles. The second-order valence-corrected chi connectivity index (χ2v) is 18.3. The molecule has 2 aromatic rings. The molecule has 57 heavy (non-hydrogen) atoms. The summed E-state index contributed by atoms with van der Waals surface area (Å²) in [5.41, 5.74) is -3.89. The largest absolute Gasteiger partial charge is 0.471 e. The van der Waals surface area contributed by atoms with Crippen molar-refractivity contribution in [2.24, 2.45) is 11.3 Å². The molecule has 7 atom stereocenters. The fourth-order valence-electron chi connectivity index (χ4n) is 7.63. The van der Waals surface area contributed by atoms with E-state index in [-0.39, 0.29) is 30.5 Å². The van der Waals surface area contributed by atoms with Crippen molar-refractivity contribution >= 4 is 44.9 Å². The van der Waals surface area contributed by atoms with Gasteiger partial charge in [0.2, 0.25) is 34.1 Å². The maximum absolute atomic E-state index is 16.0. The summed E-state index contributed by atoms with van der Waals surface area (Å²) in [5, 5.41) is 4.06. The van der Waals surface area contributed by atoms with Crippen molar-refractivity contribution in [3.63, 3.8) is 0 Å². The van der Waals surface area contributed by atoms with Crippen molar-refractivity contribution in [2.45, 2.75) is 119 Å². The highest BCUT2D eigenvalue weighted by atomic mass is 32.2. The summed E-state index contributed by atoms with van der Waals surface area (Å²) in [6, 6.07) is 3.27. The molecule has 7 rings (SSSR count). The fourth-order valence-corrected chi connectivity index (χ4v) is 8.99. The quantitative estimate of drug-likeness (QED) is 0.285. The van der Waals surface area contributed by atoms with E-state index >= 15 is 8.78 Å². The van der Waals surface area contributed by atoms with Gasteiger partial charge < -0.3 is 29.7 Å². The van der Waals surface area contributed by atoms with E-state index in [0.717, 1.165) is 11.0 Å². The van der Waals surface area contributed by atoms with Crippen LogP contribution in [0.5, 0.6) is 5.88 Å². The monoisotopic (exact) mass is 824 g/mol. The fraction of sp³-hybridized carbons (Fsp3) is 0.622. The van der Waals surface area contributed by atoms with Crippen LogP contribution in [0.3, 0.4) is 0 Å². The Balaban J connectivity index is 1.26. The first-order valence-corrected chi connectivity index (χ1v) is 20.4. The van der Waals surface area contributed by atoms with Crippen LogP contribution >= 0.6 is 0 Å². The second-order valence-electron chi connectivity index (χ2n) is 16.3. The molecule has 3 saturated carbocycles. The molecule has 310 valence electrons. The van der Waals surface area contributed by atoms with Crippen LogP contribution < -0.4 is 20.1 Å². The highest BCUT2D eigenvalue weighted by Gasteiger charge is 2.67. The number of fused-ring (bicyclic) bond motifs is 5. The molecule has 20 heteroatoms. The number of hydrogen-bond acceptors (Lipinski definition) is 11. The molecule has 0 unspecified atom stereocenters. The molecule has 2 aliphatic heterocycles. The van der Waals surface area contributed by atoms with Gasteiger partial charge in [0.25, 0.3) is 5.91 Å². The van der Waals surface area contributed by atoms with Gasteiger partial charge in [-0.3, -0.25) is 19.1 Å². The number of ether oxygens (including phenoxy) is 3. The number of sulfonamides is 1. The van der Waals surface area contributed by atoms with Gasteiger partial charge in [0.05, 0.1) is 41.5 Å². The maximum Gasteiger partial charge on any atom is 0.408 e. The number of halogens is 4. The van der Waals surface area contributed by atoms with Gasteiger partial charge >= 0.3 is 12.0 Å². The van der Waals surface area contributed by atoms with Gasteiger partial charge in [-0.25, -0.2) is 32.0 Å². The third-order valence-electron chi connectivity index (χ3n) is 11.0. The van der Waals surface area contributed by atoms with E-state index in [0.29, 0.717) is 25.3 Å². The van der Waals surface area contributed by atoms with Gasteiger partial charge in [-0.15, -0.1) is 0 Å². The van der Waals surface area contributed by atoms with Gasteiger partial charge in [-0.05, 0) is 62.1 Å². The summed E-state index contributed by atoms with van der Waals surface area (Å²) in [5.74, 6) is -9.40. The SMILES string of the molecule is CC(C)(C)[C@@H]1NC(=O)O[C@@H]2CCC[C@H]2OC/C=C/C(F)(F)c2nc3ccccc3nc2O[C@@H]2C[C@@H](C(=O)N[C@]3(C(=O)NS(=O)(=O)C4CC4)C[C@H]3C(F)F)N(C2)C1=O. The lowest BCUT2D eigenvalue weighted by Gasteiger charge is -2.35. The Morgan fingerprint density at radius 3 is 2.35 bits per heavy atom. The van der Waals surface area contributed by atoms with Crippen LogP contribution in [-0.2, 0) is 39.8 Å². The lowest BCUT2D eigenvalue weighted by molar-refractivity contribution is -0.143. The number of nitrogens with one attached hydrogen (secondary N) is 3. The van der Waals surface area contributed by atoms with Crippen LogP contribution in [0.15, 0.2) is 36.4 Å². The Hall–Kier alpha value is -4.59. The molecule has 4 fully saturated rings. The molecular formula is C37H44F4N6O9S. The van der Waals surface area contributed by atoms with Gasteiger partial charge in [-0.2, -0.15) is 8.78 Å². The van der Waals surface area contributed by atoms with Crippen LogP contribution in [0.2, 0.25) is 0 Å². The van der Waals surface area contributed by atoms with Crippen molar-refractivity contribution in [3.8, 4) is 5.88 Å². The van der Waals surface area contributed by atoms with E-state index in [4.69, 9.17) is 14.2 Å². The number of carbonyl (C=O) groups is 4. The average Bonchev–Trinajstić information content (AvgIpc) is 4.04. The predicted octanol–water partition coefficient (Wildman–Crippen LogP) is 3.47. The normalized spacial score (nSPS) is 31.2. The van der Waals surface area contributed by atoms with Crippen molar-refractivity contribution in [2.75, 3.05) is 13.2 Å². The number of nitrogens with zero attached hydrogens (tertiary/aromatic N) is 3. The summed E-state index contributed by atoms with van der Waals surface area (Å²) in [6.45, 7) is 4.23. The molecule has 5 aliphatic rings. The number of carbonyl (C=O) groups excluding carboxylic acids is 4. The van der Waals surface area contributed by atoms with Crippen LogP contribution in [0.4, 0.5) is 22.4 Å². The molecule has 1 aromatic heterocycles. The summed E-state index contributed by atoms with van der Waals surface area (Å²) in [7, 11) is -4.20. The number of aromatic nitrogens is 2. The zero-order valence-corrected chi connectivity index (χ0v) is 32.2. The number of para-hydroxylation sites is 2. The first kappa shape index (κ1) is 40.6. The highest BCUT2D eigenvalue weighted by Crippen LogP contribution is 2.48. The number of rotatable bonds is 6. The number of amides is 4. The zero-order valence-electron chi connectivity index (χ0n) is 31.4. The standard InChI is InChI=1S/C37H44F4N6O9S/c1-35(2,3)28-32(49)47-18-19(16-24(47)30(48)45-36(17-21(36)29(38)39)33(50)46-57(52,53)20-12-13-20)55-31-27(42-22-8-4-5-9-23(22)43-31)37(40,41)14-7-15-54-25-10-6-11-26(25)56-34(51)44-28/h4-5,7-9,14,19-21,24-26,28-29H,6,10-13,15-18H2,1-3H3,(H,44,51)(H,45,48)(H,46,50)/b14-7+/t19-,21+,24+,25-,26-,28-,36-/m1/s1. The first-order chi connectivity index (χ1) is 26.8. The third kappa shape index (κ3) is 8.38. The molecule has 0 radical (unpaired) electrons. The van der Waals surface area contributed by atoms with E-state index in [1.165, 1.54) is 12.1 Å². The van der Waals surface area contributed by atoms with Crippen LogP contribution in [0, 0.1) is 11.3 Å². The number of hydrogen-bond donors (Lipinski definition) is 3. The third-order valence-corrected chi connectivity index (χ3v) is 12.8. The molecule has 0 spiro atoms. The summed E-state index contributed by atoms with van der Waals surface area (Å²) < 4.78 is 105. The van der Waals surface area contributed by atoms with E-state index in [2.05, 4.69) is 20.6 Å². The Bertz CT molecular complexity index is 2080. The van der Waals surface area contributed by atoms with Crippen molar-refractivity contribution in [3.05, 3.63) is 42.1 Å². The summed E-state index contributed by atoms with van der Waals surface area (Å²) >= 11 is 0. The van der Waals surface area contributed by atoms with E-state index < -0.39 is 130 Å². The number of alkyl carbamates (subject to hydrolysis) is 1. The Morgan fingerprint density at radius 2 is 1.70 bits per heavy atom. The lowest BCUT2D eigenvalue weighted by atomic mass is 9.85. The van der Waals surface area contributed by atoms with Crippen molar-refractivity contribution in [1.29, 1.82) is 0 Å². The minimum atomic E-state index is -4.20. The molecule has 1 aromatic carbocycles. The Kier molecular flexibility index (Phi) is 10.7. The molecule has 4 amide bonds. The minimum absolute atomic E-state index is 0.131. The molecule has 1 saturated heterocycles. The smallest absolute Gasteiger partial charge is 0.408 e. The minimum Gasteiger partial charge on any atom is -0.471 e. The topological polar surface area (TPSA) is 195 Å². The molecular weight excluding hydrogens is 780 g/mol. The number of benzene rings is 1. The van der Waals surface area contributed by atoms with E-state index in [1.807, 2.05) is 4.72 Å². The average molecular weight is 825 g/mol. The Morgan fingerprint density at radius 1 is 1.02 bits per heavy atom. The van der Waals surface area contributed by atoms with Crippen molar-refractivity contribution in [1.82, 2.24) is 30.2 Å². The number of allylic oxidation sites excluding steroid dienone is 1. The summed E-state index contributed by atoms with van der Waals surface area (Å²) in [4.78, 5) is 65.1. The lowest BCUT2D eigenvalue weighted by Crippen LogP contribution is -2.60. The first-order valence-electron chi connectivity index (χ1n) is 18.8. The van der Waals surface area contributed by atoms with E-state index in [9.17, 15) is 36.4 Å². The van der Waals surface area contributed by atoms with Gasteiger partial charge in [0.15, 0.2) is 5.69 Å². The number of alkyl halides is 4. The zero-order chi connectivity index (χ0) is 41.1. The predicted molar refractivity (Wildman–Crippen MR) is 192 cm³/mol. The molecule has 15 nitrogen and oxygen atoms in total. The highest BCUT2D eigenvalue weighted by molar-refractivity contribution is 7.91. The maximum atomic E-state index is 16.0. The molecule has 2 bridgehead atoms. The van der Waals surface area contributed by atoms with Crippen LogP contribution in [0.1, 0.15) is 71.4 Å². The van der Waals surface area contributed by atoms with Gasteiger partial charge in [0.1, 0.15) is 29.8 Å². The summed E-state index contributed by atoms with van der Waals surface area (Å²) in [6.07, 6.45) is -4.00. The molecule has 3 heterocycles. The van der Waals surface area contributed by atoms with Crippen LogP contribution in [-0.4, -0.2) is 108 Å². The molecule has 3 N–H and O–H groups in total.